The minimum absolute atomic E-state index is 0.0587. The van der Waals surface area contributed by atoms with E-state index in [2.05, 4.69) is 21.9 Å². The van der Waals surface area contributed by atoms with Gasteiger partial charge in [-0.2, -0.15) is 0 Å². The summed E-state index contributed by atoms with van der Waals surface area (Å²) in [5, 5.41) is 3.91. The molecule has 0 bridgehead atoms. The van der Waals surface area contributed by atoms with Gasteiger partial charge in [0.1, 0.15) is 5.82 Å². The maximum atomic E-state index is 14.5. The quantitative estimate of drug-likeness (QED) is 0.351. The fourth-order valence-electron chi connectivity index (χ4n) is 3.24. The molecular formula is C21H22ClFN4OS. The molecule has 0 saturated heterocycles. The highest BCUT2D eigenvalue weighted by molar-refractivity contribution is 8.00. The molecule has 4 rings (SSSR count). The Hall–Kier alpha value is -2.25. The zero-order valence-electron chi connectivity index (χ0n) is 16.3. The number of nitrogens with one attached hydrogen (secondary N) is 2. The van der Waals surface area contributed by atoms with Crippen molar-refractivity contribution in [3.63, 3.8) is 0 Å². The van der Waals surface area contributed by atoms with Gasteiger partial charge in [-0.15, -0.1) is 0 Å². The van der Waals surface area contributed by atoms with Gasteiger partial charge in [0, 0.05) is 17.5 Å². The molecule has 0 aliphatic heterocycles. The highest BCUT2D eigenvalue weighted by Crippen LogP contribution is 2.37. The summed E-state index contributed by atoms with van der Waals surface area (Å²) < 4.78 is 19.4. The van der Waals surface area contributed by atoms with Crippen molar-refractivity contribution in [3.05, 3.63) is 57.3 Å². The predicted molar refractivity (Wildman–Crippen MR) is 120 cm³/mol. The van der Waals surface area contributed by atoms with Crippen LogP contribution < -0.4 is 15.6 Å². The SMILES string of the molecule is CCCSNc1ccc(F)c(Nc2ccc3ncn(C4CC4)c(=O)c3c2C)c1Cl. The number of halogens is 2. The first-order chi connectivity index (χ1) is 14.0. The van der Waals surface area contributed by atoms with Crippen molar-refractivity contribution in [2.45, 2.75) is 39.2 Å². The normalized spacial score (nSPS) is 13.7. The van der Waals surface area contributed by atoms with E-state index >= 15 is 0 Å². The summed E-state index contributed by atoms with van der Waals surface area (Å²) in [7, 11) is 0. The maximum Gasteiger partial charge on any atom is 0.261 e. The van der Waals surface area contributed by atoms with Crippen molar-refractivity contribution >= 4 is 51.5 Å². The molecule has 1 saturated carbocycles. The molecule has 1 aliphatic rings. The third-order valence-corrected chi connectivity index (χ3v) is 6.36. The molecule has 2 N–H and O–H groups in total. The lowest BCUT2D eigenvalue weighted by Crippen LogP contribution is -2.20. The summed E-state index contributed by atoms with van der Waals surface area (Å²) in [6.07, 6.45) is 4.64. The second-order valence-electron chi connectivity index (χ2n) is 7.18. The lowest BCUT2D eigenvalue weighted by Gasteiger charge is -2.16. The second kappa shape index (κ2) is 8.24. The van der Waals surface area contributed by atoms with E-state index in [9.17, 15) is 9.18 Å². The van der Waals surface area contributed by atoms with Crippen molar-refractivity contribution < 1.29 is 4.39 Å². The summed E-state index contributed by atoms with van der Waals surface area (Å²) in [4.78, 5) is 17.4. The summed E-state index contributed by atoms with van der Waals surface area (Å²) >= 11 is 7.98. The van der Waals surface area contributed by atoms with Crippen molar-refractivity contribution in [1.82, 2.24) is 9.55 Å². The van der Waals surface area contributed by atoms with Crippen LogP contribution >= 0.6 is 23.5 Å². The fraction of sp³-hybridized carbons (Fsp3) is 0.333. The van der Waals surface area contributed by atoms with Gasteiger partial charge in [0.25, 0.3) is 5.56 Å². The van der Waals surface area contributed by atoms with Crippen molar-refractivity contribution in [2.24, 2.45) is 0 Å². The number of anilines is 3. The van der Waals surface area contributed by atoms with Gasteiger partial charge in [0.05, 0.1) is 33.6 Å². The summed E-state index contributed by atoms with van der Waals surface area (Å²) in [5.74, 6) is 0.461. The number of fused-ring (bicyclic) bond motifs is 1. The Morgan fingerprint density at radius 3 is 2.76 bits per heavy atom. The van der Waals surface area contributed by atoms with Gasteiger partial charge in [-0.05, 0) is 56.0 Å². The topological polar surface area (TPSA) is 59.0 Å². The van der Waals surface area contributed by atoms with E-state index in [1.54, 1.807) is 29.1 Å². The molecule has 8 heteroatoms. The number of hydrogen-bond acceptors (Lipinski definition) is 5. The molecule has 0 unspecified atom stereocenters. The Kier molecular flexibility index (Phi) is 5.69. The van der Waals surface area contributed by atoms with Crippen molar-refractivity contribution in [2.75, 3.05) is 15.8 Å². The van der Waals surface area contributed by atoms with Gasteiger partial charge < -0.3 is 10.0 Å². The molecule has 0 radical (unpaired) electrons. The van der Waals surface area contributed by atoms with E-state index in [-0.39, 0.29) is 22.3 Å². The van der Waals surface area contributed by atoms with Crippen LogP contribution in [0.2, 0.25) is 5.02 Å². The highest BCUT2D eigenvalue weighted by Gasteiger charge is 2.26. The van der Waals surface area contributed by atoms with Crippen LogP contribution in [0.3, 0.4) is 0 Å². The Bertz CT molecular complexity index is 1130. The Balaban J connectivity index is 1.73. The molecule has 1 fully saturated rings. The van der Waals surface area contributed by atoms with Gasteiger partial charge in [0.15, 0.2) is 0 Å². The molecule has 5 nitrogen and oxygen atoms in total. The maximum absolute atomic E-state index is 14.5. The molecule has 0 spiro atoms. The van der Waals surface area contributed by atoms with Crippen LogP contribution in [0, 0.1) is 12.7 Å². The van der Waals surface area contributed by atoms with Crippen LogP contribution in [0.1, 0.15) is 37.8 Å². The van der Waals surface area contributed by atoms with E-state index < -0.39 is 5.82 Å². The minimum Gasteiger partial charge on any atom is -0.352 e. The van der Waals surface area contributed by atoms with Gasteiger partial charge in [-0.3, -0.25) is 9.36 Å². The van der Waals surface area contributed by atoms with Crippen LogP contribution in [0.5, 0.6) is 0 Å². The molecular weight excluding hydrogens is 411 g/mol. The third kappa shape index (κ3) is 3.94. The van der Waals surface area contributed by atoms with Crippen molar-refractivity contribution in [3.8, 4) is 0 Å². The molecule has 2 aromatic carbocycles. The molecule has 1 aromatic heterocycles. The highest BCUT2D eigenvalue weighted by atomic mass is 35.5. The number of benzene rings is 2. The van der Waals surface area contributed by atoms with Crippen LogP contribution in [-0.2, 0) is 0 Å². The van der Waals surface area contributed by atoms with Crippen molar-refractivity contribution in [1.29, 1.82) is 0 Å². The summed E-state index contributed by atoms with van der Waals surface area (Å²) in [6.45, 7) is 3.93. The van der Waals surface area contributed by atoms with Gasteiger partial charge >= 0.3 is 0 Å². The van der Waals surface area contributed by atoms with E-state index in [1.165, 1.54) is 18.0 Å². The number of aromatic nitrogens is 2. The standard InChI is InChI=1S/C21H22ClFN4OS/c1-3-10-29-26-17-7-6-14(23)20(19(17)22)25-15-8-9-16-18(12(15)2)21(28)27(11-24-16)13-4-5-13/h6-9,11,13,25-26H,3-5,10H2,1-2H3. The summed E-state index contributed by atoms with van der Waals surface area (Å²) in [6, 6.07) is 6.81. The molecule has 1 aliphatic carbocycles. The lowest BCUT2D eigenvalue weighted by molar-refractivity contribution is 0.632. The Labute approximate surface area is 177 Å². The zero-order valence-corrected chi connectivity index (χ0v) is 17.8. The molecule has 0 amide bonds. The first-order valence-electron chi connectivity index (χ1n) is 9.64. The van der Waals surface area contributed by atoms with Crippen LogP contribution in [0.25, 0.3) is 10.9 Å². The number of aryl methyl sites for hydroxylation is 1. The van der Waals surface area contributed by atoms with Gasteiger partial charge in [0.2, 0.25) is 0 Å². The van der Waals surface area contributed by atoms with Gasteiger partial charge in [-0.1, -0.05) is 30.5 Å². The lowest BCUT2D eigenvalue weighted by atomic mass is 10.1. The molecule has 1 heterocycles. The van der Waals surface area contributed by atoms with Crippen LogP contribution in [-0.4, -0.2) is 15.3 Å². The van der Waals surface area contributed by atoms with Crippen LogP contribution in [0.4, 0.5) is 21.5 Å². The smallest absolute Gasteiger partial charge is 0.261 e. The van der Waals surface area contributed by atoms with E-state index in [1.807, 2.05) is 6.92 Å². The first kappa shape index (κ1) is 20.0. The third-order valence-electron chi connectivity index (χ3n) is 4.99. The minimum atomic E-state index is -0.456. The Morgan fingerprint density at radius 2 is 2.03 bits per heavy atom. The number of hydrogen-bond donors (Lipinski definition) is 2. The van der Waals surface area contributed by atoms with Gasteiger partial charge in [-0.25, -0.2) is 9.37 Å². The summed E-state index contributed by atoms with van der Waals surface area (Å²) in [5.41, 5.74) is 2.76. The average Bonchev–Trinajstić information content (AvgIpc) is 3.54. The number of rotatable bonds is 7. The average molecular weight is 433 g/mol. The zero-order chi connectivity index (χ0) is 20.5. The monoisotopic (exact) mass is 432 g/mol. The number of nitrogens with zero attached hydrogens (tertiary/aromatic N) is 2. The van der Waals surface area contributed by atoms with E-state index in [4.69, 9.17) is 11.6 Å². The second-order valence-corrected chi connectivity index (χ2v) is 8.46. The first-order valence-corrected chi connectivity index (χ1v) is 11.0. The fourth-order valence-corrected chi connectivity index (χ4v) is 4.18. The van der Waals surface area contributed by atoms with E-state index in [0.717, 1.165) is 30.6 Å². The van der Waals surface area contributed by atoms with Crippen LogP contribution in [0.15, 0.2) is 35.4 Å². The Morgan fingerprint density at radius 1 is 1.28 bits per heavy atom. The molecule has 3 aromatic rings. The predicted octanol–water partition coefficient (Wildman–Crippen LogP) is 6.05. The molecule has 0 atom stereocenters. The largest absolute Gasteiger partial charge is 0.352 e. The molecule has 29 heavy (non-hydrogen) atoms. The van der Waals surface area contributed by atoms with E-state index in [0.29, 0.717) is 22.3 Å². The molecule has 152 valence electrons.